The van der Waals surface area contributed by atoms with Crippen molar-refractivity contribution in [3.8, 4) is 6.07 Å². The van der Waals surface area contributed by atoms with E-state index in [1.54, 1.807) is 0 Å². The molecule has 1 aliphatic carbocycles. The Morgan fingerprint density at radius 2 is 1.95 bits per heavy atom. The first-order chi connectivity index (χ1) is 9.52. The van der Waals surface area contributed by atoms with E-state index in [9.17, 15) is 18.8 Å². The van der Waals surface area contributed by atoms with Crippen molar-refractivity contribution in [2.75, 3.05) is 7.05 Å². The van der Waals surface area contributed by atoms with Gasteiger partial charge < -0.3 is 4.90 Å². The van der Waals surface area contributed by atoms with Crippen molar-refractivity contribution in [2.45, 2.75) is 37.6 Å². The zero-order valence-electron chi connectivity index (χ0n) is 11.3. The molecular weight excluding hydrogens is 262 g/mol. The van der Waals surface area contributed by atoms with Crippen molar-refractivity contribution in [1.29, 1.82) is 5.26 Å². The highest BCUT2D eigenvalue weighted by molar-refractivity contribution is 5.95. The lowest BCUT2D eigenvalue weighted by Crippen LogP contribution is -2.50. The Balaban J connectivity index is 2.32. The number of halogens is 2. The van der Waals surface area contributed by atoms with E-state index in [0.29, 0.717) is 12.8 Å². The Morgan fingerprint density at radius 3 is 2.55 bits per heavy atom. The highest BCUT2D eigenvalue weighted by atomic mass is 19.2. The van der Waals surface area contributed by atoms with Crippen LogP contribution >= 0.6 is 0 Å². The first-order valence-electron chi connectivity index (χ1n) is 6.65. The van der Waals surface area contributed by atoms with Gasteiger partial charge in [0.25, 0.3) is 5.91 Å². The van der Waals surface area contributed by atoms with Crippen molar-refractivity contribution in [2.24, 2.45) is 0 Å². The number of carbonyl (C=O) groups excluding carboxylic acids is 1. The van der Waals surface area contributed by atoms with Gasteiger partial charge in [-0.1, -0.05) is 25.3 Å². The van der Waals surface area contributed by atoms with E-state index in [4.69, 9.17) is 0 Å². The lowest BCUT2D eigenvalue weighted by Gasteiger charge is -2.39. The molecule has 3 nitrogen and oxygen atoms in total. The van der Waals surface area contributed by atoms with Gasteiger partial charge in [-0.2, -0.15) is 5.26 Å². The maximum absolute atomic E-state index is 13.7. The first-order valence-corrected chi connectivity index (χ1v) is 6.65. The normalized spacial score (nSPS) is 17.3. The summed E-state index contributed by atoms with van der Waals surface area (Å²) in [4.78, 5) is 13.6. The number of amides is 1. The summed E-state index contributed by atoms with van der Waals surface area (Å²) in [6.07, 6.45) is 3.89. The van der Waals surface area contributed by atoms with Crippen LogP contribution in [0.2, 0.25) is 0 Å². The topological polar surface area (TPSA) is 44.1 Å². The fourth-order valence-electron chi connectivity index (χ4n) is 2.70. The Bertz CT molecular complexity index is 559. The third-order valence-electron chi connectivity index (χ3n) is 4.02. The van der Waals surface area contributed by atoms with Crippen molar-refractivity contribution >= 4 is 5.91 Å². The minimum Gasteiger partial charge on any atom is -0.323 e. The summed E-state index contributed by atoms with van der Waals surface area (Å²) >= 11 is 0. The molecule has 0 radical (unpaired) electrons. The summed E-state index contributed by atoms with van der Waals surface area (Å²) in [6.45, 7) is 0. The second-order valence-electron chi connectivity index (χ2n) is 5.17. The summed E-state index contributed by atoms with van der Waals surface area (Å²) < 4.78 is 26.9. The van der Waals surface area contributed by atoms with E-state index < -0.39 is 23.1 Å². The number of rotatable bonds is 2. The molecule has 1 amide bonds. The average molecular weight is 278 g/mol. The smallest absolute Gasteiger partial charge is 0.257 e. The van der Waals surface area contributed by atoms with Crippen molar-refractivity contribution < 1.29 is 13.6 Å². The first kappa shape index (κ1) is 14.4. The van der Waals surface area contributed by atoms with Crippen LogP contribution in [0.1, 0.15) is 42.5 Å². The molecule has 0 atom stereocenters. The molecule has 0 N–H and O–H groups in total. The quantitative estimate of drug-likeness (QED) is 0.833. The summed E-state index contributed by atoms with van der Waals surface area (Å²) in [5, 5.41) is 9.42. The van der Waals surface area contributed by atoms with E-state index in [-0.39, 0.29) is 5.56 Å². The van der Waals surface area contributed by atoms with Crippen LogP contribution < -0.4 is 0 Å². The fraction of sp³-hybridized carbons (Fsp3) is 0.467. The predicted molar refractivity (Wildman–Crippen MR) is 69.9 cm³/mol. The minimum atomic E-state index is -1.16. The van der Waals surface area contributed by atoms with Gasteiger partial charge in [-0.3, -0.25) is 4.79 Å². The van der Waals surface area contributed by atoms with Gasteiger partial charge in [-0.05, 0) is 25.0 Å². The zero-order valence-corrected chi connectivity index (χ0v) is 11.3. The number of nitrogens with zero attached hydrogens (tertiary/aromatic N) is 2. The van der Waals surface area contributed by atoms with Crippen molar-refractivity contribution in [3.05, 3.63) is 35.4 Å². The summed E-state index contributed by atoms with van der Waals surface area (Å²) in [5.74, 6) is -2.86. The van der Waals surface area contributed by atoms with E-state index in [0.717, 1.165) is 25.3 Å². The minimum absolute atomic E-state index is 0.326. The van der Waals surface area contributed by atoms with Crippen LogP contribution in [-0.4, -0.2) is 23.4 Å². The van der Waals surface area contributed by atoms with E-state index >= 15 is 0 Å². The molecule has 1 saturated carbocycles. The van der Waals surface area contributed by atoms with Crippen LogP contribution in [0.25, 0.3) is 0 Å². The number of hydrogen-bond donors (Lipinski definition) is 0. The van der Waals surface area contributed by atoms with Crippen molar-refractivity contribution in [1.82, 2.24) is 4.90 Å². The highest BCUT2D eigenvalue weighted by Gasteiger charge is 2.39. The molecule has 5 heteroatoms. The van der Waals surface area contributed by atoms with E-state index in [1.807, 2.05) is 0 Å². The molecular formula is C15H16F2N2O. The van der Waals surface area contributed by atoms with Crippen LogP contribution in [-0.2, 0) is 0 Å². The van der Waals surface area contributed by atoms with Gasteiger partial charge >= 0.3 is 0 Å². The second kappa shape index (κ2) is 5.58. The van der Waals surface area contributed by atoms with Gasteiger partial charge in [0.1, 0.15) is 5.54 Å². The summed E-state index contributed by atoms with van der Waals surface area (Å²) in [6, 6.07) is 5.69. The molecule has 106 valence electrons. The van der Waals surface area contributed by atoms with Crippen LogP contribution in [0.15, 0.2) is 18.2 Å². The van der Waals surface area contributed by atoms with E-state index in [2.05, 4.69) is 6.07 Å². The van der Waals surface area contributed by atoms with Crippen LogP contribution in [0.3, 0.4) is 0 Å². The second-order valence-corrected chi connectivity index (χ2v) is 5.17. The Kier molecular flexibility index (Phi) is 4.03. The Hall–Kier alpha value is -1.96. The highest BCUT2D eigenvalue weighted by Crippen LogP contribution is 2.33. The molecule has 1 fully saturated rings. The molecule has 2 rings (SSSR count). The molecule has 0 saturated heterocycles. The molecule has 0 aliphatic heterocycles. The molecule has 0 aromatic heterocycles. The zero-order chi connectivity index (χ0) is 14.8. The van der Waals surface area contributed by atoms with Gasteiger partial charge in [-0.25, -0.2) is 8.78 Å². The fourth-order valence-corrected chi connectivity index (χ4v) is 2.70. The van der Waals surface area contributed by atoms with Gasteiger partial charge in [0.05, 0.1) is 11.6 Å². The van der Waals surface area contributed by atoms with Gasteiger partial charge in [0, 0.05) is 7.05 Å². The average Bonchev–Trinajstić information content (AvgIpc) is 2.49. The monoisotopic (exact) mass is 278 g/mol. The molecule has 0 bridgehead atoms. The molecule has 20 heavy (non-hydrogen) atoms. The summed E-state index contributed by atoms with van der Waals surface area (Å²) in [7, 11) is 1.49. The van der Waals surface area contributed by atoms with Crippen LogP contribution in [0.4, 0.5) is 8.78 Å². The van der Waals surface area contributed by atoms with Gasteiger partial charge in [-0.15, -0.1) is 0 Å². The van der Waals surface area contributed by atoms with Gasteiger partial charge in [0.15, 0.2) is 11.6 Å². The Morgan fingerprint density at radius 1 is 1.30 bits per heavy atom. The van der Waals surface area contributed by atoms with Crippen LogP contribution in [0, 0.1) is 23.0 Å². The largest absolute Gasteiger partial charge is 0.323 e. The van der Waals surface area contributed by atoms with Crippen molar-refractivity contribution in [3.63, 3.8) is 0 Å². The molecule has 1 aromatic rings. The standard InChI is InChI=1S/C15H16F2N2O/c1-19(15(10-18)8-3-2-4-9-15)14(20)11-6-5-7-12(16)13(11)17/h5-7H,2-4,8-9H2,1H3. The number of benzene rings is 1. The molecule has 0 heterocycles. The molecule has 1 aromatic carbocycles. The van der Waals surface area contributed by atoms with E-state index in [1.165, 1.54) is 24.1 Å². The lowest BCUT2D eigenvalue weighted by atomic mass is 9.81. The SMILES string of the molecule is CN(C(=O)c1cccc(F)c1F)C1(C#N)CCCCC1. The Labute approximate surface area is 116 Å². The third-order valence-corrected chi connectivity index (χ3v) is 4.02. The third kappa shape index (κ3) is 2.38. The van der Waals surface area contributed by atoms with Gasteiger partial charge in [0.2, 0.25) is 0 Å². The van der Waals surface area contributed by atoms with Crippen LogP contribution in [0.5, 0.6) is 0 Å². The molecule has 0 unspecified atom stereocenters. The lowest BCUT2D eigenvalue weighted by molar-refractivity contribution is 0.0583. The maximum atomic E-state index is 13.7. The molecule has 1 aliphatic rings. The maximum Gasteiger partial charge on any atom is 0.257 e. The number of carbonyl (C=O) groups is 1. The number of hydrogen-bond acceptors (Lipinski definition) is 2. The predicted octanol–water partition coefficient (Wildman–Crippen LogP) is 3.26. The molecule has 0 spiro atoms. The summed E-state index contributed by atoms with van der Waals surface area (Å²) in [5.41, 5.74) is -1.23. The number of nitriles is 1.